The number of aliphatic imine (C=N–C) groups is 2. The van der Waals surface area contributed by atoms with Crippen molar-refractivity contribution in [3.05, 3.63) is 59.6 Å². The van der Waals surface area contributed by atoms with E-state index in [0.29, 0.717) is 43.1 Å². The minimum atomic E-state index is -0.780. The molecule has 2 aliphatic heterocycles. The van der Waals surface area contributed by atoms with Crippen molar-refractivity contribution >= 4 is 29.2 Å². The van der Waals surface area contributed by atoms with Crippen LogP contribution in [0.25, 0.3) is 5.76 Å². The van der Waals surface area contributed by atoms with Gasteiger partial charge in [0.15, 0.2) is 5.82 Å². The van der Waals surface area contributed by atoms with Crippen LogP contribution in [0.5, 0.6) is 0 Å². The molecule has 0 spiro atoms. The standard InChI is InChI=1S/C21H21N5O3/c27-17(14-4-3-9-22-13-14)12-18-25-20-16(21-23-10-11-26(18)21)8-7-15(24-20)5-1-2-6-19(28)29/h3-4,7-9,12-13,27H,1-2,5-6,10-11H2,(H,28,29)/b17-12-. The minimum absolute atomic E-state index is 0.0800. The lowest BCUT2D eigenvalue weighted by atomic mass is 10.1. The van der Waals surface area contributed by atoms with Crippen LogP contribution in [0.1, 0.15) is 36.1 Å². The Kier molecular flexibility index (Phi) is 5.33. The second kappa shape index (κ2) is 8.22. The number of carboxylic acid groups (broad SMARTS) is 1. The first-order valence-electron chi connectivity index (χ1n) is 9.55. The van der Waals surface area contributed by atoms with Crippen LogP contribution in [0.4, 0.5) is 5.82 Å². The lowest BCUT2D eigenvalue weighted by Gasteiger charge is -2.25. The number of aliphatic hydroxyl groups is 1. The number of fused-ring (bicyclic) bond motifs is 3. The van der Waals surface area contributed by atoms with E-state index >= 15 is 0 Å². The summed E-state index contributed by atoms with van der Waals surface area (Å²) in [7, 11) is 0. The zero-order valence-electron chi connectivity index (χ0n) is 15.8. The van der Waals surface area contributed by atoms with Gasteiger partial charge in [-0.2, -0.15) is 0 Å². The van der Waals surface area contributed by atoms with E-state index in [1.54, 1.807) is 30.6 Å². The van der Waals surface area contributed by atoms with Gasteiger partial charge < -0.3 is 15.1 Å². The molecule has 0 aliphatic carbocycles. The molecular weight excluding hydrogens is 370 g/mol. The lowest BCUT2D eigenvalue weighted by molar-refractivity contribution is -0.137. The summed E-state index contributed by atoms with van der Waals surface area (Å²) in [6, 6.07) is 7.46. The minimum Gasteiger partial charge on any atom is -0.507 e. The molecule has 2 aromatic heterocycles. The summed E-state index contributed by atoms with van der Waals surface area (Å²) >= 11 is 0. The number of aryl methyl sites for hydroxylation is 1. The predicted molar refractivity (Wildman–Crippen MR) is 109 cm³/mol. The molecule has 4 rings (SSSR count). The molecule has 4 heterocycles. The summed E-state index contributed by atoms with van der Waals surface area (Å²) in [5.74, 6) is 1.27. The number of amidine groups is 2. The molecule has 2 aromatic rings. The van der Waals surface area contributed by atoms with Crippen molar-refractivity contribution in [2.75, 3.05) is 13.1 Å². The third kappa shape index (κ3) is 4.16. The number of nitrogens with zero attached hydrogens (tertiary/aromatic N) is 5. The summed E-state index contributed by atoms with van der Waals surface area (Å²) < 4.78 is 0. The van der Waals surface area contributed by atoms with Crippen molar-refractivity contribution in [2.45, 2.75) is 25.7 Å². The van der Waals surface area contributed by atoms with Gasteiger partial charge >= 0.3 is 5.97 Å². The molecule has 0 amide bonds. The second-order valence-corrected chi connectivity index (χ2v) is 6.87. The van der Waals surface area contributed by atoms with E-state index in [9.17, 15) is 9.90 Å². The molecule has 0 fully saturated rings. The maximum Gasteiger partial charge on any atom is 0.303 e. The Labute approximate surface area is 168 Å². The highest BCUT2D eigenvalue weighted by Crippen LogP contribution is 2.28. The maximum absolute atomic E-state index is 10.7. The molecule has 8 nitrogen and oxygen atoms in total. The van der Waals surface area contributed by atoms with Gasteiger partial charge in [0.2, 0.25) is 0 Å². The van der Waals surface area contributed by atoms with E-state index in [1.165, 1.54) is 0 Å². The van der Waals surface area contributed by atoms with Crippen LogP contribution in [0, 0.1) is 0 Å². The van der Waals surface area contributed by atoms with Gasteiger partial charge in [-0.3, -0.25) is 14.8 Å². The van der Waals surface area contributed by atoms with Crippen LogP contribution >= 0.6 is 0 Å². The van der Waals surface area contributed by atoms with E-state index in [2.05, 4.69) is 20.0 Å². The summed E-state index contributed by atoms with van der Waals surface area (Å²) in [5.41, 5.74) is 2.35. The highest BCUT2D eigenvalue weighted by Gasteiger charge is 2.29. The summed E-state index contributed by atoms with van der Waals surface area (Å²) in [6.07, 6.45) is 7.08. The normalized spacial score (nSPS) is 15.4. The largest absolute Gasteiger partial charge is 0.507 e. The molecule has 29 heavy (non-hydrogen) atoms. The van der Waals surface area contributed by atoms with Crippen LogP contribution in [0.15, 0.2) is 52.7 Å². The number of hydrogen-bond donors (Lipinski definition) is 2. The van der Waals surface area contributed by atoms with Crippen molar-refractivity contribution in [3.8, 4) is 0 Å². The molecule has 148 valence electrons. The average Bonchev–Trinajstić information content (AvgIpc) is 3.22. The van der Waals surface area contributed by atoms with Crippen molar-refractivity contribution in [3.63, 3.8) is 0 Å². The van der Waals surface area contributed by atoms with E-state index < -0.39 is 5.97 Å². The second-order valence-electron chi connectivity index (χ2n) is 6.87. The monoisotopic (exact) mass is 391 g/mol. The Balaban J connectivity index is 1.61. The number of carbonyl (C=O) groups is 1. The van der Waals surface area contributed by atoms with Crippen LogP contribution in [0.2, 0.25) is 0 Å². The smallest absolute Gasteiger partial charge is 0.303 e. The number of aliphatic carboxylic acids is 1. The highest BCUT2D eigenvalue weighted by atomic mass is 16.4. The molecule has 0 unspecified atom stereocenters. The Bertz CT molecular complexity index is 1010. The number of unbranched alkanes of at least 4 members (excludes halogenated alkanes) is 1. The summed E-state index contributed by atoms with van der Waals surface area (Å²) in [5, 5.41) is 19.2. The molecule has 0 aromatic carbocycles. The Hall–Kier alpha value is -3.55. The SMILES string of the molecule is O=C(O)CCCCc1ccc2c(n1)N=C(/C=C(\O)c1cccnc1)N1CCN=C21. The number of pyridine rings is 2. The van der Waals surface area contributed by atoms with Gasteiger partial charge in [-0.1, -0.05) is 0 Å². The van der Waals surface area contributed by atoms with Gasteiger partial charge in [-0.15, -0.1) is 0 Å². The van der Waals surface area contributed by atoms with Crippen LogP contribution < -0.4 is 0 Å². The molecule has 0 saturated heterocycles. The molecule has 0 radical (unpaired) electrons. The van der Waals surface area contributed by atoms with Crippen molar-refractivity contribution in [2.24, 2.45) is 9.98 Å². The van der Waals surface area contributed by atoms with E-state index in [1.807, 2.05) is 17.0 Å². The molecular formula is C21H21N5O3. The number of carboxylic acids is 1. The first-order valence-corrected chi connectivity index (χ1v) is 9.55. The van der Waals surface area contributed by atoms with E-state index in [4.69, 9.17) is 5.11 Å². The van der Waals surface area contributed by atoms with Gasteiger partial charge in [-0.05, 0) is 43.5 Å². The van der Waals surface area contributed by atoms with Gasteiger partial charge in [-0.25, -0.2) is 9.98 Å². The number of hydrogen-bond acceptors (Lipinski definition) is 7. The lowest BCUT2D eigenvalue weighted by Crippen LogP contribution is -2.36. The first-order chi connectivity index (χ1) is 14.1. The predicted octanol–water partition coefficient (Wildman–Crippen LogP) is 2.98. The van der Waals surface area contributed by atoms with Crippen LogP contribution in [-0.4, -0.2) is 55.8 Å². The fourth-order valence-electron chi connectivity index (χ4n) is 3.37. The molecule has 0 saturated carbocycles. The number of aliphatic hydroxyl groups excluding tert-OH is 1. The number of aromatic nitrogens is 2. The molecule has 2 aliphatic rings. The molecule has 0 bridgehead atoms. The van der Waals surface area contributed by atoms with Gasteiger partial charge in [0.05, 0.1) is 12.1 Å². The zero-order chi connectivity index (χ0) is 20.2. The third-order valence-corrected chi connectivity index (χ3v) is 4.81. The van der Waals surface area contributed by atoms with E-state index in [-0.39, 0.29) is 12.2 Å². The molecule has 8 heteroatoms. The van der Waals surface area contributed by atoms with Crippen LogP contribution in [0.3, 0.4) is 0 Å². The Morgan fingerprint density at radius 3 is 2.90 bits per heavy atom. The van der Waals surface area contributed by atoms with Crippen molar-refractivity contribution < 1.29 is 15.0 Å². The average molecular weight is 391 g/mol. The zero-order valence-corrected chi connectivity index (χ0v) is 15.8. The van der Waals surface area contributed by atoms with Gasteiger partial charge in [0, 0.05) is 42.7 Å². The molecule has 0 atom stereocenters. The number of rotatable bonds is 7. The maximum atomic E-state index is 10.7. The Morgan fingerprint density at radius 2 is 2.10 bits per heavy atom. The van der Waals surface area contributed by atoms with E-state index in [0.717, 1.165) is 23.5 Å². The van der Waals surface area contributed by atoms with Crippen molar-refractivity contribution in [1.29, 1.82) is 0 Å². The Morgan fingerprint density at radius 1 is 1.21 bits per heavy atom. The van der Waals surface area contributed by atoms with Gasteiger partial charge in [0.25, 0.3) is 0 Å². The molecule has 2 N–H and O–H groups in total. The quantitative estimate of drug-likeness (QED) is 0.554. The highest BCUT2D eigenvalue weighted by molar-refractivity contribution is 6.19. The summed E-state index contributed by atoms with van der Waals surface area (Å²) in [6.45, 7) is 1.35. The third-order valence-electron chi connectivity index (χ3n) is 4.81. The fourth-order valence-corrected chi connectivity index (χ4v) is 3.37. The van der Waals surface area contributed by atoms with Crippen molar-refractivity contribution in [1.82, 2.24) is 14.9 Å². The summed E-state index contributed by atoms with van der Waals surface area (Å²) in [4.78, 5) is 30.6. The first kappa shape index (κ1) is 18.8. The van der Waals surface area contributed by atoms with Crippen LogP contribution in [-0.2, 0) is 11.2 Å². The topological polar surface area (TPSA) is 111 Å². The fraction of sp³-hybridized carbons (Fsp3) is 0.286. The van der Waals surface area contributed by atoms with Gasteiger partial charge in [0.1, 0.15) is 17.4 Å².